The second-order valence-electron chi connectivity index (χ2n) is 6.45. The fourth-order valence-electron chi connectivity index (χ4n) is 2.75. The summed E-state index contributed by atoms with van der Waals surface area (Å²) in [5.41, 5.74) is 1.57. The van der Waals surface area contributed by atoms with Crippen LogP contribution in [0.5, 0.6) is 0 Å². The largest absolute Gasteiger partial charge is 0.449 e. The molecule has 156 valence electrons. The van der Waals surface area contributed by atoms with Crippen LogP contribution >= 0.6 is 0 Å². The van der Waals surface area contributed by atoms with Gasteiger partial charge < -0.3 is 14.5 Å². The summed E-state index contributed by atoms with van der Waals surface area (Å²) < 4.78 is 24.3. The number of hydrogen-bond donors (Lipinski definition) is 1. The van der Waals surface area contributed by atoms with Crippen molar-refractivity contribution < 1.29 is 23.1 Å². The number of rotatable bonds is 7. The minimum Gasteiger partial charge on any atom is -0.449 e. The molecule has 2 amide bonds. The van der Waals surface area contributed by atoms with E-state index < -0.39 is 11.9 Å². The summed E-state index contributed by atoms with van der Waals surface area (Å²) in [4.78, 5) is 29.4. The van der Waals surface area contributed by atoms with Gasteiger partial charge >= 0.3 is 6.09 Å². The molecule has 0 aliphatic heterocycles. The van der Waals surface area contributed by atoms with Gasteiger partial charge in [0.25, 0.3) is 0 Å². The van der Waals surface area contributed by atoms with Gasteiger partial charge in [-0.1, -0.05) is 12.1 Å². The molecule has 30 heavy (non-hydrogen) atoms. The molecule has 0 aliphatic rings. The molecule has 0 aliphatic carbocycles. The van der Waals surface area contributed by atoms with Crippen LogP contribution in [0.15, 0.2) is 59.1 Å². The average Bonchev–Trinajstić information content (AvgIpc) is 3.21. The van der Waals surface area contributed by atoms with Gasteiger partial charge in [-0.2, -0.15) is 0 Å². The van der Waals surface area contributed by atoms with E-state index in [0.29, 0.717) is 35.2 Å². The lowest BCUT2D eigenvalue weighted by Crippen LogP contribution is -2.26. The Morgan fingerprint density at radius 2 is 1.90 bits per heavy atom. The van der Waals surface area contributed by atoms with E-state index in [1.807, 2.05) is 0 Å². The zero-order valence-electron chi connectivity index (χ0n) is 16.7. The van der Waals surface area contributed by atoms with Gasteiger partial charge in [-0.05, 0) is 43.3 Å². The van der Waals surface area contributed by atoms with Crippen LogP contribution in [0, 0.1) is 5.82 Å². The lowest BCUT2D eigenvalue weighted by Gasteiger charge is -2.16. The van der Waals surface area contributed by atoms with Crippen LogP contribution < -0.4 is 10.2 Å². The maximum Gasteiger partial charge on any atom is 0.413 e. The number of aromatic nitrogens is 1. The third-order valence-corrected chi connectivity index (χ3v) is 4.34. The predicted molar refractivity (Wildman–Crippen MR) is 111 cm³/mol. The summed E-state index contributed by atoms with van der Waals surface area (Å²) in [5, 5.41) is 2.78. The smallest absolute Gasteiger partial charge is 0.413 e. The Bertz CT molecular complexity index is 1020. The van der Waals surface area contributed by atoms with Crippen molar-refractivity contribution in [1.82, 2.24) is 4.98 Å². The number of benzene rings is 2. The molecule has 0 saturated heterocycles. The van der Waals surface area contributed by atoms with E-state index in [-0.39, 0.29) is 18.7 Å². The molecule has 0 saturated carbocycles. The average molecular weight is 411 g/mol. The van der Waals surface area contributed by atoms with Crippen LogP contribution in [0.1, 0.15) is 19.2 Å². The number of aryl methyl sites for hydroxylation is 1. The molecule has 0 fully saturated rings. The van der Waals surface area contributed by atoms with E-state index in [9.17, 15) is 14.0 Å². The fraction of sp³-hybridized carbons (Fsp3) is 0.227. The van der Waals surface area contributed by atoms with Crippen LogP contribution in [0.4, 0.5) is 20.6 Å². The van der Waals surface area contributed by atoms with E-state index in [4.69, 9.17) is 9.15 Å². The Kier molecular flexibility index (Phi) is 6.79. The van der Waals surface area contributed by atoms with Crippen molar-refractivity contribution >= 4 is 23.4 Å². The van der Waals surface area contributed by atoms with Crippen molar-refractivity contribution in [2.24, 2.45) is 0 Å². The number of halogens is 1. The van der Waals surface area contributed by atoms with Crippen LogP contribution in [0.2, 0.25) is 0 Å². The van der Waals surface area contributed by atoms with E-state index in [1.54, 1.807) is 56.4 Å². The van der Waals surface area contributed by atoms with Gasteiger partial charge in [0, 0.05) is 31.3 Å². The first-order valence-corrected chi connectivity index (χ1v) is 9.48. The standard InChI is InChI=1S/C22H22FN3O4/c1-3-29-22(28)26(2)16-10-8-15(9-11-16)25-20(27)12-13-21-24-14-19(30-21)17-6-4-5-7-18(17)23/h4-11,14H,3,12-13H2,1-2H3,(H,25,27). The number of nitrogens with one attached hydrogen (secondary N) is 1. The van der Waals surface area contributed by atoms with Crippen LogP contribution in [-0.2, 0) is 16.0 Å². The quantitative estimate of drug-likeness (QED) is 0.612. The highest BCUT2D eigenvalue weighted by Crippen LogP contribution is 2.24. The van der Waals surface area contributed by atoms with Crippen molar-refractivity contribution in [2.45, 2.75) is 19.8 Å². The number of oxazole rings is 1. The maximum absolute atomic E-state index is 13.8. The van der Waals surface area contributed by atoms with Crippen molar-refractivity contribution in [2.75, 3.05) is 23.9 Å². The van der Waals surface area contributed by atoms with Crippen molar-refractivity contribution in [1.29, 1.82) is 0 Å². The van der Waals surface area contributed by atoms with Crippen molar-refractivity contribution in [3.8, 4) is 11.3 Å². The summed E-state index contributed by atoms with van der Waals surface area (Å²) in [6.07, 6.45) is 1.44. The molecule has 1 aromatic heterocycles. The van der Waals surface area contributed by atoms with E-state index in [2.05, 4.69) is 10.3 Å². The second-order valence-corrected chi connectivity index (χ2v) is 6.45. The van der Waals surface area contributed by atoms with Gasteiger partial charge in [0.05, 0.1) is 18.4 Å². The van der Waals surface area contributed by atoms with Crippen LogP contribution in [0.3, 0.4) is 0 Å². The minimum atomic E-state index is -0.449. The topological polar surface area (TPSA) is 84.7 Å². The molecule has 0 atom stereocenters. The highest BCUT2D eigenvalue weighted by Gasteiger charge is 2.13. The number of nitrogens with zero attached hydrogens (tertiary/aromatic N) is 2. The third-order valence-electron chi connectivity index (χ3n) is 4.34. The highest BCUT2D eigenvalue weighted by atomic mass is 19.1. The molecular formula is C22H22FN3O4. The molecule has 8 heteroatoms. The fourth-order valence-corrected chi connectivity index (χ4v) is 2.75. The molecule has 0 radical (unpaired) electrons. The highest BCUT2D eigenvalue weighted by molar-refractivity contribution is 5.92. The van der Waals surface area contributed by atoms with Gasteiger partial charge in [0.2, 0.25) is 5.91 Å². The summed E-state index contributed by atoms with van der Waals surface area (Å²) in [6, 6.07) is 13.1. The molecule has 0 unspecified atom stereocenters. The van der Waals surface area contributed by atoms with Crippen molar-refractivity contribution in [3.63, 3.8) is 0 Å². The molecular weight excluding hydrogens is 389 g/mol. The van der Waals surface area contributed by atoms with Crippen LogP contribution in [0.25, 0.3) is 11.3 Å². The normalized spacial score (nSPS) is 10.5. The minimum absolute atomic E-state index is 0.154. The molecule has 1 N–H and O–H groups in total. The number of carbonyl (C=O) groups excluding carboxylic acids is 2. The van der Waals surface area contributed by atoms with E-state index in [0.717, 1.165) is 0 Å². The van der Waals surface area contributed by atoms with E-state index >= 15 is 0 Å². The van der Waals surface area contributed by atoms with Gasteiger partial charge in [-0.3, -0.25) is 9.69 Å². The zero-order valence-corrected chi connectivity index (χ0v) is 16.7. The number of amides is 2. The van der Waals surface area contributed by atoms with Gasteiger partial charge in [-0.25, -0.2) is 14.2 Å². The number of ether oxygens (including phenoxy) is 1. The van der Waals surface area contributed by atoms with Crippen LogP contribution in [-0.4, -0.2) is 30.6 Å². The molecule has 0 spiro atoms. The maximum atomic E-state index is 13.8. The molecule has 3 aromatic rings. The summed E-state index contributed by atoms with van der Waals surface area (Å²) in [7, 11) is 1.61. The molecule has 2 aromatic carbocycles. The molecule has 3 rings (SSSR count). The van der Waals surface area contributed by atoms with Gasteiger partial charge in [0.1, 0.15) is 5.82 Å². The first-order chi connectivity index (χ1) is 14.5. The van der Waals surface area contributed by atoms with Gasteiger partial charge in [0.15, 0.2) is 11.7 Å². The van der Waals surface area contributed by atoms with Gasteiger partial charge in [-0.15, -0.1) is 0 Å². The summed E-state index contributed by atoms with van der Waals surface area (Å²) >= 11 is 0. The van der Waals surface area contributed by atoms with Crippen molar-refractivity contribution in [3.05, 3.63) is 66.4 Å². The Morgan fingerprint density at radius 3 is 2.60 bits per heavy atom. The Labute approximate surface area is 173 Å². The second kappa shape index (κ2) is 9.69. The van der Waals surface area contributed by atoms with E-state index in [1.165, 1.54) is 17.2 Å². The molecule has 7 nitrogen and oxygen atoms in total. The summed E-state index contributed by atoms with van der Waals surface area (Å²) in [5.74, 6) is 0.0711. The zero-order chi connectivity index (χ0) is 21.5. The first kappa shape index (κ1) is 21.0. The SMILES string of the molecule is CCOC(=O)N(C)c1ccc(NC(=O)CCc2ncc(-c3ccccc3F)o2)cc1. The third kappa shape index (κ3) is 5.22. The lowest BCUT2D eigenvalue weighted by molar-refractivity contribution is -0.116. The molecule has 1 heterocycles. The molecule has 0 bridgehead atoms. The Morgan fingerprint density at radius 1 is 1.17 bits per heavy atom. The Hall–Kier alpha value is -3.68. The number of anilines is 2. The predicted octanol–water partition coefficient (Wildman–Crippen LogP) is 4.64. The first-order valence-electron chi connectivity index (χ1n) is 9.48. The monoisotopic (exact) mass is 411 g/mol. The lowest BCUT2D eigenvalue weighted by atomic mass is 10.2. The number of carbonyl (C=O) groups is 2. The Balaban J connectivity index is 1.53. The number of hydrogen-bond acceptors (Lipinski definition) is 5. The summed E-state index contributed by atoms with van der Waals surface area (Å²) in [6.45, 7) is 2.03.